The second kappa shape index (κ2) is 5.79. The number of benzene rings is 1. The minimum Gasteiger partial charge on any atom is -0.478 e. The summed E-state index contributed by atoms with van der Waals surface area (Å²) in [5.41, 5.74) is 1.78. The summed E-state index contributed by atoms with van der Waals surface area (Å²) >= 11 is 0. The van der Waals surface area contributed by atoms with Gasteiger partial charge in [-0.2, -0.15) is 0 Å². The number of rotatable bonds is 5. The van der Waals surface area contributed by atoms with E-state index in [0.29, 0.717) is 12.2 Å². The SMILES string of the molecule is O=C(O)c1ccc(CNc2ccc([N+](=O)[O-])nc2)cc1. The van der Waals surface area contributed by atoms with Crippen molar-refractivity contribution in [3.05, 3.63) is 63.8 Å². The van der Waals surface area contributed by atoms with E-state index in [1.54, 1.807) is 18.2 Å². The van der Waals surface area contributed by atoms with Crippen molar-refractivity contribution in [2.75, 3.05) is 5.32 Å². The monoisotopic (exact) mass is 273 g/mol. The number of carboxylic acid groups (broad SMARTS) is 1. The van der Waals surface area contributed by atoms with Crippen molar-refractivity contribution in [1.82, 2.24) is 4.98 Å². The highest BCUT2D eigenvalue weighted by Gasteiger charge is 2.06. The zero-order valence-electron chi connectivity index (χ0n) is 10.3. The van der Waals surface area contributed by atoms with Gasteiger partial charge in [-0.15, -0.1) is 0 Å². The van der Waals surface area contributed by atoms with E-state index < -0.39 is 10.9 Å². The van der Waals surface area contributed by atoms with Gasteiger partial charge in [0, 0.05) is 12.6 Å². The minimum absolute atomic E-state index is 0.207. The van der Waals surface area contributed by atoms with Crippen LogP contribution in [-0.2, 0) is 6.54 Å². The first-order chi connectivity index (χ1) is 9.56. The van der Waals surface area contributed by atoms with Crippen LogP contribution in [0.1, 0.15) is 15.9 Å². The molecule has 0 fully saturated rings. The van der Waals surface area contributed by atoms with Gasteiger partial charge in [0.25, 0.3) is 0 Å². The summed E-state index contributed by atoms with van der Waals surface area (Å²) in [7, 11) is 0. The minimum atomic E-state index is -0.968. The molecule has 1 aromatic heterocycles. The Balaban J connectivity index is 1.97. The van der Waals surface area contributed by atoms with Crippen molar-refractivity contribution in [3.8, 4) is 0 Å². The third-order valence-electron chi connectivity index (χ3n) is 2.63. The molecule has 7 nitrogen and oxygen atoms in total. The smallest absolute Gasteiger partial charge is 0.363 e. The van der Waals surface area contributed by atoms with Crippen LogP contribution in [0.2, 0.25) is 0 Å². The molecule has 20 heavy (non-hydrogen) atoms. The molecular weight excluding hydrogens is 262 g/mol. The van der Waals surface area contributed by atoms with E-state index in [0.717, 1.165) is 5.56 Å². The standard InChI is InChI=1S/C13H11N3O4/c17-13(18)10-3-1-9(2-4-10)7-14-11-5-6-12(15-8-11)16(19)20/h1-6,8,14H,7H2,(H,17,18). The molecule has 0 radical (unpaired) electrons. The van der Waals surface area contributed by atoms with Crippen molar-refractivity contribution in [2.24, 2.45) is 0 Å². The van der Waals surface area contributed by atoms with Crippen LogP contribution in [0.5, 0.6) is 0 Å². The van der Waals surface area contributed by atoms with Crippen LogP contribution < -0.4 is 5.32 Å². The molecule has 1 heterocycles. The molecule has 0 saturated carbocycles. The summed E-state index contributed by atoms with van der Waals surface area (Å²) in [5.74, 6) is -1.18. The van der Waals surface area contributed by atoms with Gasteiger partial charge < -0.3 is 20.5 Å². The number of anilines is 1. The average Bonchev–Trinajstić information content (AvgIpc) is 2.46. The fourth-order valence-corrected chi connectivity index (χ4v) is 1.57. The molecule has 0 aliphatic rings. The van der Waals surface area contributed by atoms with Crippen molar-refractivity contribution < 1.29 is 14.8 Å². The van der Waals surface area contributed by atoms with E-state index in [1.165, 1.54) is 24.4 Å². The predicted octanol–water partition coefficient (Wildman–Crippen LogP) is 2.30. The summed E-state index contributed by atoms with van der Waals surface area (Å²) in [6.07, 6.45) is 1.38. The summed E-state index contributed by atoms with van der Waals surface area (Å²) < 4.78 is 0. The molecular formula is C13H11N3O4. The molecule has 2 rings (SSSR count). The number of nitrogens with one attached hydrogen (secondary N) is 1. The van der Waals surface area contributed by atoms with Gasteiger partial charge in [0.05, 0.1) is 11.3 Å². The first-order valence-corrected chi connectivity index (χ1v) is 5.73. The topological polar surface area (TPSA) is 105 Å². The quantitative estimate of drug-likeness (QED) is 0.639. The number of aromatic carboxylic acids is 1. The lowest BCUT2D eigenvalue weighted by molar-refractivity contribution is -0.389. The fraction of sp³-hybridized carbons (Fsp3) is 0.0769. The molecule has 102 valence electrons. The van der Waals surface area contributed by atoms with Gasteiger partial charge in [-0.05, 0) is 33.7 Å². The van der Waals surface area contributed by atoms with Crippen molar-refractivity contribution in [1.29, 1.82) is 0 Å². The second-order valence-corrected chi connectivity index (χ2v) is 4.02. The van der Waals surface area contributed by atoms with Gasteiger partial charge in [0.2, 0.25) is 0 Å². The van der Waals surface area contributed by atoms with Crippen molar-refractivity contribution >= 4 is 17.5 Å². The van der Waals surface area contributed by atoms with Crippen molar-refractivity contribution in [2.45, 2.75) is 6.54 Å². The zero-order valence-corrected chi connectivity index (χ0v) is 10.3. The van der Waals surface area contributed by atoms with E-state index in [-0.39, 0.29) is 11.4 Å². The lowest BCUT2D eigenvalue weighted by Gasteiger charge is -2.05. The molecule has 0 saturated heterocycles. The molecule has 0 bridgehead atoms. The molecule has 0 amide bonds. The molecule has 0 atom stereocenters. The van der Waals surface area contributed by atoms with Gasteiger partial charge in [-0.25, -0.2) is 4.79 Å². The summed E-state index contributed by atoms with van der Waals surface area (Å²) in [6, 6.07) is 9.33. The molecule has 7 heteroatoms. The Labute approximate surface area is 114 Å². The van der Waals surface area contributed by atoms with Crippen LogP contribution in [0.3, 0.4) is 0 Å². The highest BCUT2D eigenvalue weighted by molar-refractivity contribution is 5.87. The molecule has 2 N–H and O–H groups in total. The van der Waals surface area contributed by atoms with Crippen LogP contribution in [0.25, 0.3) is 0 Å². The lowest BCUT2D eigenvalue weighted by atomic mass is 10.1. The number of pyridine rings is 1. The Kier molecular flexibility index (Phi) is 3.90. The van der Waals surface area contributed by atoms with E-state index in [1.807, 2.05) is 0 Å². The summed E-state index contributed by atoms with van der Waals surface area (Å²) in [4.78, 5) is 24.3. The number of carbonyl (C=O) groups is 1. The third kappa shape index (κ3) is 3.29. The van der Waals surface area contributed by atoms with E-state index in [9.17, 15) is 14.9 Å². The molecule has 0 unspecified atom stereocenters. The average molecular weight is 273 g/mol. The number of hydrogen-bond acceptors (Lipinski definition) is 5. The molecule has 0 aliphatic carbocycles. The Hall–Kier alpha value is -2.96. The van der Waals surface area contributed by atoms with Crippen LogP contribution in [0.4, 0.5) is 11.5 Å². The van der Waals surface area contributed by atoms with Gasteiger partial charge in [0.1, 0.15) is 0 Å². The Morgan fingerprint density at radius 3 is 2.45 bits per heavy atom. The number of aromatic nitrogens is 1. The third-order valence-corrected chi connectivity index (χ3v) is 2.63. The maximum atomic E-state index is 10.7. The van der Waals surface area contributed by atoms with Gasteiger partial charge in [0.15, 0.2) is 6.20 Å². The maximum Gasteiger partial charge on any atom is 0.363 e. The van der Waals surface area contributed by atoms with Crippen LogP contribution >= 0.6 is 0 Å². The van der Waals surface area contributed by atoms with Gasteiger partial charge >= 0.3 is 11.8 Å². The number of carboxylic acids is 1. The fourth-order valence-electron chi connectivity index (χ4n) is 1.57. The summed E-state index contributed by atoms with van der Waals surface area (Å²) in [5, 5.41) is 22.3. The normalized spacial score (nSPS) is 10.0. The second-order valence-electron chi connectivity index (χ2n) is 4.02. The maximum absolute atomic E-state index is 10.7. The largest absolute Gasteiger partial charge is 0.478 e. The van der Waals surface area contributed by atoms with Crippen molar-refractivity contribution in [3.63, 3.8) is 0 Å². The number of nitro groups is 1. The Bertz CT molecular complexity index is 566. The van der Waals surface area contributed by atoms with Crippen LogP contribution in [-0.4, -0.2) is 21.0 Å². The highest BCUT2D eigenvalue weighted by Crippen LogP contribution is 2.13. The van der Waals surface area contributed by atoms with Gasteiger partial charge in [-0.1, -0.05) is 12.1 Å². The molecule has 0 spiro atoms. The molecule has 0 aliphatic heterocycles. The highest BCUT2D eigenvalue weighted by atomic mass is 16.6. The number of hydrogen-bond donors (Lipinski definition) is 2. The number of nitrogens with zero attached hydrogens (tertiary/aromatic N) is 2. The van der Waals surface area contributed by atoms with E-state index >= 15 is 0 Å². The lowest BCUT2D eigenvalue weighted by Crippen LogP contribution is -2.02. The Morgan fingerprint density at radius 2 is 1.95 bits per heavy atom. The zero-order chi connectivity index (χ0) is 14.5. The van der Waals surface area contributed by atoms with E-state index in [4.69, 9.17) is 5.11 Å². The Morgan fingerprint density at radius 1 is 1.25 bits per heavy atom. The molecule has 2 aromatic rings. The first-order valence-electron chi connectivity index (χ1n) is 5.73. The van der Waals surface area contributed by atoms with Crippen LogP contribution in [0, 0.1) is 10.1 Å². The predicted molar refractivity (Wildman–Crippen MR) is 71.6 cm³/mol. The van der Waals surface area contributed by atoms with Crippen LogP contribution in [0.15, 0.2) is 42.6 Å². The van der Waals surface area contributed by atoms with Gasteiger partial charge in [-0.3, -0.25) is 0 Å². The summed E-state index contributed by atoms with van der Waals surface area (Å²) in [6.45, 7) is 0.472. The molecule has 1 aromatic carbocycles. The van der Waals surface area contributed by atoms with E-state index in [2.05, 4.69) is 10.3 Å². The first kappa shape index (κ1) is 13.5.